The maximum atomic E-state index is 14.1. The van der Waals surface area contributed by atoms with Crippen LogP contribution >= 0.6 is 0 Å². The van der Waals surface area contributed by atoms with E-state index in [9.17, 15) is 9.59 Å². The molecule has 1 N–H and O–H groups in total. The summed E-state index contributed by atoms with van der Waals surface area (Å²) in [5, 5.41) is 12.1. The molecule has 4 rings (SSSR count). The van der Waals surface area contributed by atoms with Crippen molar-refractivity contribution in [3.8, 4) is 6.07 Å². The van der Waals surface area contributed by atoms with Gasteiger partial charge in [0.05, 0.1) is 29.4 Å². The zero-order chi connectivity index (χ0) is 24.5. The van der Waals surface area contributed by atoms with Crippen LogP contribution in [0.5, 0.6) is 0 Å². The number of pyridine rings is 1. The minimum Gasteiger partial charge on any atom is -0.349 e. The molecule has 6 nitrogen and oxygen atoms in total. The van der Waals surface area contributed by atoms with Gasteiger partial charge in [-0.05, 0) is 62.2 Å². The van der Waals surface area contributed by atoms with Crippen LogP contribution in [0, 0.1) is 11.3 Å². The number of carbonyl (C=O) groups excluding carboxylic acids is 2. The number of nitrogens with zero attached hydrogens (tertiary/aromatic N) is 3. The molecular weight excluding hydrogens is 424 g/mol. The summed E-state index contributed by atoms with van der Waals surface area (Å²) in [4.78, 5) is 34.1. The van der Waals surface area contributed by atoms with Crippen molar-refractivity contribution in [1.29, 1.82) is 5.26 Å². The molecule has 3 aromatic rings. The molecule has 1 aliphatic heterocycles. The molecular formula is C28H26N4O2. The first kappa shape index (κ1) is 22.9. The van der Waals surface area contributed by atoms with Gasteiger partial charge in [0.15, 0.2) is 5.54 Å². The number of nitrogens with one attached hydrogen (secondary N) is 1. The van der Waals surface area contributed by atoms with Gasteiger partial charge in [-0.2, -0.15) is 5.26 Å². The van der Waals surface area contributed by atoms with Crippen molar-refractivity contribution in [3.63, 3.8) is 0 Å². The molecule has 34 heavy (non-hydrogen) atoms. The standard InChI is InChI=1S/C28H26N4O2/c1-19-22-9-5-6-10-23(22)32(25(33)17-20-12-14-21(18-29)15-13-20)28(19,24-11-7-8-16-30-24)26(34)31-27(2,3)4/h5-16H,1,17H2,2-4H3,(H,31,34). The van der Waals surface area contributed by atoms with Gasteiger partial charge in [0, 0.05) is 17.3 Å². The number of para-hydroxylation sites is 1. The Morgan fingerprint density at radius 3 is 2.35 bits per heavy atom. The molecule has 0 saturated carbocycles. The second-order valence-corrected chi connectivity index (χ2v) is 9.34. The lowest BCUT2D eigenvalue weighted by Crippen LogP contribution is -2.60. The van der Waals surface area contributed by atoms with Crippen molar-refractivity contribution in [2.24, 2.45) is 0 Å². The molecule has 0 radical (unpaired) electrons. The van der Waals surface area contributed by atoms with Gasteiger partial charge in [-0.3, -0.25) is 19.5 Å². The van der Waals surface area contributed by atoms with Gasteiger partial charge in [0.2, 0.25) is 5.91 Å². The Kier molecular flexibility index (Phi) is 5.80. The summed E-state index contributed by atoms with van der Waals surface area (Å²) >= 11 is 0. The largest absolute Gasteiger partial charge is 0.349 e. The zero-order valence-electron chi connectivity index (χ0n) is 19.5. The number of hydrogen-bond acceptors (Lipinski definition) is 4. The van der Waals surface area contributed by atoms with E-state index in [0.29, 0.717) is 22.5 Å². The number of fused-ring (bicyclic) bond motifs is 1. The van der Waals surface area contributed by atoms with E-state index in [1.165, 1.54) is 4.90 Å². The summed E-state index contributed by atoms with van der Waals surface area (Å²) in [7, 11) is 0. The molecule has 0 aliphatic carbocycles. The first-order chi connectivity index (χ1) is 16.2. The number of aromatic nitrogens is 1. The van der Waals surface area contributed by atoms with E-state index >= 15 is 0 Å². The first-order valence-electron chi connectivity index (χ1n) is 11.0. The highest BCUT2D eigenvalue weighted by Crippen LogP contribution is 2.52. The van der Waals surface area contributed by atoms with Crippen molar-refractivity contribution in [2.45, 2.75) is 38.3 Å². The normalized spacial score (nSPS) is 17.1. The maximum absolute atomic E-state index is 14.1. The molecule has 170 valence electrons. The van der Waals surface area contributed by atoms with Crippen molar-refractivity contribution in [3.05, 3.63) is 102 Å². The molecule has 1 atom stereocenters. The van der Waals surface area contributed by atoms with Crippen LogP contribution in [0.15, 0.2) is 79.5 Å². The number of anilines is 1. The van der Waals surface area contributed by atoms with Crippen LogP contribution in [0.4, 0.5) is 5.69 Å². The van der Waals surface area contributed by atoms with E-state index in [1.54, 1.807) is 48.7 Å². The average molecular weight is 451 g/mol. The molecule has 1 aliphatic rings. The van der Waals surface area contributed by atoms with Crippen molar-refractivity contribution < 1.29 is 9.59 Å². The van der Waals surface area contributed by atoms with Crippen LogP contribution < -0.4 is 10.2 Å². The highest BCUT2D eigenvalue weighted by atomic mass is 16.2. The van der Waals surface area contributed by atoms with Gasteiger partial charge < -0.3 is 5.32 Å². The summed E-state index contributed by atoms with van der Waals surface area (Å²) in [5.41, 5.74) is 1.43. The predicted octanol–water partition coefficient (Wildman–Crippen LogP) is 4.37. The second-order valence-electron chi connectivity index (χ2n) is 9.34. The lowest BCUT2D eigenvalue weighted by atomic mass is 9.83. The Labute approximate surface area is 199 Å². The smallest absolute Gasteiger partial charge is 0.257 e. The van der Waals surface area contributed by atoms with Gasteiger partial charge in [0.25, 0.3) is 5.91 Å². The molecule has 1 aromatic heterocycles. The third kappa shape index (κ3) is 3.86. The Balaban J connectivity index is 1.90. The number of carbonyl (C=O) groups is 2. The van der Waals surface area contributed by atoms with E-state index < -0.39 is 11.1 Å². The zero-order valence-corrected chi connectivity index (χ0v) is 19.5. The third-order valence-electron chi connectivity index (χ3n) is 5.78. The quantitative estimate of drug-likeness (QED) is 0.640. The highest BCUT2D eigenvalue weighted by molar-refractivity contribution is 6.18. The lowest BCUT2D eigenvalue weighted by Gasteiger charge is -2.39. The van der Waals surface area contributed by atoms with Crippen LogP contribution in [-0.4, -0.2) is 22.3 Å². The van der Waals surface area contributed by atoms with Crippen LogP contribution in [0.3, 0.4) is 0 Å². The first-order valence-corrected chi connectivity index (χ1v) is 11.0. The molecule has 1 unspecified atom stereocenters. The van der Waals surface area contributed by atoms with Gasteiger partial charge in [-0.1, -0.05) is 43.0 Å². The Morgan fingerprint density at radius 1 is 1.06 bits per heavy atom. The van der Waals surface area contributed by atoms with Crippen molar-refractivity contribution in [1.82, 2.24) is 10.3 Å². The molecule has 0 saturated heterocycles. The minimum absolute atomic E-state index is 0.0463. The highest BCUT2D eigenvalue weighted by Gasteiger charge is 2.57. The molecule has 0 fully saturated rings. The Hall–Kier alpha value is -4.24. The van der Waals surface area contributed by atoms with Crippen molar-refractivity contribution >= 4 is 23.1 Å². The molecule has 0 spiro atoms. The van der Waals surface area contributed by atoms with E-state index in [-0.39, 0.29) is 18.2 Å². The van der Waals surface area contributed by atoms with Crippen LogP contribution in [0.2, 0.25) is 0 Å². The summed E-state index contributed by atoms with van der Waals surface area (Å²) in [5.74, 6) is -0.640. The predicted molar refractivity (Wildman–Crippen MR) is 132 cm³/mol. The number of amides is 2. The van der Waals surface area contributed by atoms with E-state index in [1.807, 2.05) is 45.0 Å². The molecule has 2 amide bonds. The topological polar surface area (TPSA) is 86.1 Å². The summed E-state index contributed by atoms with van der Waals surface area (Å²) in [6.45, 7) is 9.99. The maximum Gasteiger partial charge on any atom is 0.257 e. The number of rotatable bonds is 4. The fourth-order valence-electron chi connectivity index (χ4n) is 4.34. The van der Waals surface area contributed by atoms with Gasteiger partial charge in [-0.25, -0.2) is 0 Å². The van der Waals surface area contributed by atoms with Gasteiger partial charge >= 0.3 is 0 Å². The monoisotopic (exact) mass is 450 g/mol. The second kappa shape index (κ2) is 8.60. The molecule has 2 heterocycles. The van der Waals surface area contributed by atoms with Gasteiger partial charge in [0.1, 0.15) is 0 Å². The van der Waals surface area contributed by atoms with E-state index in [2.05, 4.69) is 22.9 Å². The molecule has 2 aromatic carbocycles. The minimum atomic E-state index is -1.54. The van der Waals surface area contributed by atoms with Crippen molar-refractivity contribution in [2.75, 3.05) is 4.90 Å². The lowest BCUT2D eigenvalue weighted by molar-refractivity contribution is -0.129. The Bertz CT molecular complexity index is 1300. The number of benzene rings is 2. The fourth-order valence-corrected chi connectivity index (χ4v) is 4.34. The summed E-state index contributed by atoms with van der Waals surface area (Å²) < 4.78 is 0. The van der Waals surface area contributed by atoms with Crippen LogP contribution in [0.25, 0.3) is 5.57 Å². The summed E-state index contributed by atoms with van der Waals surface area (Å²) in [6.07, 6.45) is 1.66. The molecule has 6 heteroatoms. The molecule has 0 bridgehead atoms. The Morgan fingerprint density at radius 2 is 1.74 bits per heavy atom. The number of nitriles is 1. The fraction of sp³-hybridized carbons (Fsp3) is 0.214. The van der Waals surface area contributed by atoms with Crippen LogP contribution in [0.1, 0.15) is 43.2 Å². The van der Waals surface area contributed by atoms with Gasteiger partial charge in [-0.15, -0.1) is 0 Å². The van der Waals surface area contributed by atoms with E-state index in [0.717, 1.165) is 11.1 Å². The SMILES string of the molecule is C=C1c2ccccc2N(C(=O)Cc2ccc(C#N)cc2)C1(C(=O)NC(C)(C)C)c1ccccn1. The third-order valence-corrected chi connectivity index (χ3v) is 5.78. The number of hydrogen-bond donors (Lipinski definition) is 1. The van der Waals surface area contributed by atoms with Crippen LogP contribution in [-0.2, 0) is 21.5 Å². The van der Waals surface area contributed by atoms with E-state index in [4.69, 9.17) is 5.26 Å². The average Bonchev–Trinajstić information content (AvgIpc) is 3.09. The summed E-state index contributed by atoms with van der Waals surface area (Å²) in [6, 6.07) is 21.7.